The number of aromatic nitrogens is 2. The Morgan fingerprint density at radius 1 is 1.38 bits per heavy atom. The molecule has 1 aromatic heterocycles. The number of rotatable bonds is 3. The predicted octanol–water partition coefficient (Wildman–Crippen LogP) is 0.298. The number of aliphatic hydroxyl groups excluding tert-OH is 1. The van der Waals surface area contributed by atoms with Gasteiger partial charge in [-0.15, -0.1) is 0 Å². The molecular weight excluding hydrogens is 206 g/mol. The molecule has 0 fully saturated rings. The topological polar surface area (TPSA) is 75.2 Å². The Labute approximate surface area is 92.4 Å². The molecule has 0 saturated heterocycles. The minimum atomic E-state index is -0.671. The van der Waals surface area contributed by atoms with Crippen molar-refractivity contribution in [1.29, 1.82) is 5.41 Å². The fraction of sp³-hybridized carbons (Fsp3) is 0.273. The van der Waals surface area contributed by atoms with Crippen LogP contribution >= 0.6 is 0 Å². The van der Waals surface area contributed by atoms with Gasteiger partial charge in [0.1, 0.15) is 6.10 Å². The van der Waals surface area contributed by atoms with Gasteiger partial charge in [-0.2, -0.15) is 0 Å². The Balaban J connectivity index is 2.23. The Morgan fingerprint density at radius 2 is 2.06 bits per heavy atom. The quantitative estimate of drug-likeness (QED) is 0.729. The fourth-order valence-corrected chi connectivity index (χ4v) is 1.52. The molecule has 0 spiro atoms. The lowest BCUT2D eigenvalue weighted by Crippen LogP contribution is -2.44. The largest absolute Gasteiger partial charge is 0.487 e. The van der Waals surface area contributed by atoms with Crippen LogP contribution in [0.5, 0.6) is 0 Å². The molecule has 2 atom stereocenters. The summed E-state index contributed by atoms with van der Waals surface area (Å²) in [6, 6.07) is 9.06. The summed E-state index contributed by atoms with van der Waals surface area (Å²) in [7, 11) is 0. The molecular formula is C11H13N3O2. The van der Waals surface area contributed by atoms with Crippen molar-refractivity contribution in [1.82, 2.24) is 5.27 Å². The van der Waals surface area contributed by atoms with Crippen LogP contribution < -0.4 is 15.5 Å². The Kier molecular flexibility index (Phi) is 2.87. The van der Waals surface area contributed by atoms with Gasteiger partial charge >= 0.3 is 0 Å². The standard InChI is InChI=1S/C11H13N3O2/c1-8(14-7-10(12)16-13-14)11(15)9-5-3-2-4-6-9/h2-8,11-12,15H,1H3. The molecule has 0 amide bonds. The Hall–Kier alpha value is -1.88. The molecule has 2 unspecified atom stereocenters. The van der Waals surface area contributed by atoms with E-state index in [-0.39, 0.29) is 11.6 Å². The maximum atomic E-state index is 10.1. The van der Waals surface area contributed by atoms with Gasteiger partial charge in [0.2, 0.25) is 6.20 Å². The van der Waals surface area contributed by atoms with Crippen molar-refractivity contribution in [3.63, 3.8) is 0 Å². The van der Waals surface area contributed by atoms with Gasteiger partial charge in [-0.05, 0) is 5.56 Å². The molecule has 0 saturated carbocycles. The minimum Gasteiger partial charge on any atom is -0.487 e. The highest BCUT2D eigenvalue weighted by Gasteiger charge is 2.22. The first kappa shape index (κ1) is 10.6. The maximum Gasteiger partial charge on any atom is 0.264 e. The van der Waals surface area contributed by atoms with Gasteiger partial charge in [-0.25, -0.2) is 4.68 Å². The molecule has 1 aromatic carbocycles. The monoisotopic (exact) mass is 219 g/mol. The maximum absolute atomic E-state index is 10.1. The highest BCUT2D eigenvalue weighted by molar-refractivity contribution is 5.17. The summed E-state index contributed by atoms with van der Waals surface area (Å²) in [5, 5.41) is 21.0. The second kappa shape index (κ2) is 4.32. The third-order valence-electron chi connectivity index (χ3n) is 2.50. The van der Waals surface area contributed by atoms with Crippen LogP contribution in [0.1, 0.15) is 24.6 Å². The number of benzene rings is 1. The van der Waals surface area contributed by atoms with Crippen LogP contribution in [0.3, 0.4) is 0 Å². The van der Waals surface area contributed by atoms with Crippen molar-refractivity contribution in [2.24, 2.45) is 0 Å². The van der Waals surface area contributed by atoms with Gasteiger partial charge in [-0.3, -0.25) is 10.7 Å². The van der Waals surface area contributed by atoms with Gasteiger partial charge in [-0.1, -0.05) is 30.3 Å². The summed E-state index contributed by atoms with van der Waals surface area (Å²) in [6.07, 6.45) is 0.771. The molecule has 0 aliphatic heterocycles. The van der Waals surface area contributed by atoms with E-state index in [1.54, 1.807) is 0 Å². The number of aliphatic hydroxyl groups is 1. The normalized spacial score (nSPS) is 14.6. The summed E-state index contributed by atoms with van der Waals surface area (Å²) in [4.78, 5) is 0. The van der Waals surface area contributed by atoms with Crippen molar-refractivity contribution < 1.29 is 14.3 Å². The summed E-state index contributed by atoms with van der Waals surface area (Å²) in [6.45, 7) is 1.82. The summed E-state index contributed by atoms with van der Waals surface area (Å²) in [5.74, 6) is 0. The first-order valence-corrected chi connectivity index (χ1v) is 5.01. The van der Waals surface area contributed by atoms with E-state index in [0.29, 0.717) is 0 Å². The highest BCUT2D eigenvalue weighted by atomic mass is 16.5. The lowest BCUT2D eigenvalue weighted by molar-refractivity contribution is -0.794. The lowest BCUT2D eigenvalue weighted by Gasteiger charge is -2.15. The van der Waals surface area contributed by atoms with E-state index in [2.05, 4.69) is 9.79 Å². The van der Waals surface area contributed by atoms with Crippen LogP contribution in [0.2, 0.25) is 0 Å². The van der Waals surface area contributed by atoms with Gasteiger partial charge in [0, 0.05) is 6.92 Å². The van der Waals surface area contributed by atoms with Crippen LogP contribution in [0.25, 0.3) is 0 Å². The van der Waals surface area contributed by atoms with Crippen molar-refractivity contribution in [2.45, 2.75) is 19.1 Å². The van der Waals surface area contributed by atoms with Crippen LogP contribution in [-0.2, 0) is 0 Å². The zero-order chi connectivity index (χ0) is 11.5. The molecule has 0 aliphatic rings. The van der Waals surface area contributed by atoms with Gasteiger partial charge < -0.3 is 9.63 Å². The number of hydrogen-bond donors (Lipinski definition) is 2. The highest BCUT2D eigenvalue weighted by Crippen LogP contribution is 2.20. The smallest absolute Gasteiger partial charge is 0.264 e. The predicted molar refractivity (Wildman–Crippen MR) is 54.2 cm³/mol. The molecule has 2 N–H and O–H groups in total. The van der Waals surface area contributed by atoms with Crippen LogP contribution in [0.4, 0.5) is 0 Å². The molecule has 0 aliphatic carbocycles. The summed E-state index contributed by atoms with van der Waals surface area (Å²) in [5.41, 5.74) is 0.796. The van der Waals surface area contributed by atoms with Crippen molar-refractivity contribution in [3.8, 4) is 0 Å². The van der Waals surface area contributed by atoms with Gasteiger partial charge in [0.05, 0.1) is 0 Å². The molecule has 0 bridgehead atoms. The van der Waals surface area contributed by atoms with E-state index < -0.39 is 6.10 Å². The second-order valence-corrected chi connectivity index (χ2v) is 3.64. The average molecular weight is 219 g/mol. The lowest BCUT2D eigenvalue weighted by atomic mass is 10.0. The molecule has 5 nitrogen and oxygen atoms in total. The summed E-state index contributed by atoms with van der Waals surface area (Å²) >= 11 is 0. The molecule has 2 aromatic rings. The molecule has 84 valence electrons. The fourth-order valence-electron chi connectivity index (χ4n) is 1.52. The third kappa shape index (κ3) is 2.04. The third-order valence-corrected chi connectivity index (χ3v) is 2.50. The average Bonchev–Trinajstić information content (AvgIpc) is 2.75. The number of nitrogens with one attached hydrogen (secondary N) is 1. The van der Waals surface area contributed by atoms with E-state index in [4.69, 9.17) is 5.41 Å². The van der Waals surface area contributed by atoms with E-state index in [1.807, 2.05) is 37.3 Å². The van der Waals surface area contributed by atoms with E-state index >= 15 is 0 Å². The van der Waals surface area contributed by atoms with Gasteiger partial charge in [0.25, 0.3) is 5.55 Å². The van der Waals surface area contributed by atoms with Crippen LogP contribution in [0, 0.1) is 5.41 Å². The van der Waals surface area contributed by atoms with Crippen molar-refractivity contribution in [2.75, 3.05) is 0 Å². The van der Waals surface area contributed by atoms with Crippen LogP contribution in [0.15, 0.2) is 41.1 Å². The summed E-state index contributed by atoms with van der Waals surface area (Å²) < 4.78 is 6.08. The molecule has 2 rings (SSSR count). The minimum absolute atomic E-state index is 0.0212. The SMILES string of the molecule is CC(C(O)c1ccccc1)[n+]1cc(=N)o[n-]1. The molecule has 0 radical (unpaired) electrons. The van der Waals surface area contributed by atoms with Crippen LogP contribution in [-0.4, -0.2) is 5.11 Å². The molecule has 1 heterocycles. The Morgan fingerprint density at radius 3 is 2.62 bits per heavy atom. The van der Waals surface area contributed by atoms with Crippen molar-refractivity contribution in [3.05, 3.63) is 47.6 Å². The Bertz CT molecular complexity index is 503. The number of nitrogens with zero attached hydrogens (tertiary/aromatic N) is 2. The first-order chi connectivity index (χ1) is 7.68. The first-order valence-electron chi connectivity index (χ1n) is 5.01. The second-order valence-electron chi connectivity index (χ2n) is 3.64. The van der Waals surface area contributed by atoms with E-state index in [9.17, 15) is 5.11 Å². The molecule has 16 heavy (non-hydrogen) atoms. The molecule has 5 heteroatoms. The zero-order valence-corrected chi connectivity index (χ0v) is 8.87. The van der Waals surface area contributed by atoms with E-state index in [1.165, 1.54) is 10.9 Å². The van der Waals surface area contributed by atoms with Gasteiger partial charge in [0.15, 0.2) is 6.04 Å². The zero-order valence-electron chi connectivity index (χ0n) is 8.87. The number of hydrogen-bond acceptors (Lipinski definition) is 3. The van der Waals surface area contributed by atoms with E-state index in [0.717, 1.165) is 5.56 Å². The van der Waals surface area contributed by atoms with Crippen molar-refractivity contribution >= 4 is 0 Å².